The van der Waals surface area contributed by atoms with Crippen LogP contribution in [0.3, 0.4) is 0 Å². The average Bonchev–Trinajstić information content (AvgIpc) is 2.51. The van der Waals surface area contributed by atoms with Crippen molar-refractivity contribution in [1.82, 2.24) is 10.2 Å². The van der Waals surface area contributed by atoms with E-state index in [1.54, 1.807) is 23.1 Å². The van der Waals surface area contributed by atoms with E-state index in [4.69, 9.17) is 11.6 Å². The summed E-state index contributed by atoms with van der Waals surface area (Å²) in [5.41, 5.74) is 1.47. The van der Waals surface area contributed by atoms with Crippen molar-refractivity contribution in [3.8, 4) is 0 Å². The lowest BCUT2D eigenvalue weighted by Gasteiger charge is -2.19. The highest BCUT2D eigenvalue weighted by Gasteiger charge is 2.21. The van der Waals surface area contributed by atoms with Gasteiger partial charge in [-0.1, -0.05) is 11.6 Å². The van der Waals surface area contributed by atoms with Gasteiger partial charge in [-0.3, -0.25) is 9.59 Å². The number of rotatable bonds is 1. The molecule has 2 amide bonds. The Bertz CT molecular complexity index is 468. The van der Waals surface area contributed by atoms with E-state index in [1.807, 2.05) is 6.92 Å². The molecule has 0 bridgehead atoms. The van der Waals surface area contributed by atoms with Crippen molar-refractivity contribution in [2.24, 2.45) is 0 Å². The molecular formula is C13H15ClN2O2. The molecule has 0 aromatic heterocycles. The number of nitrogens with one attached hydrogen (secondary N) is 1. The third kappa shape index (κ3) is 3.01. The Hall–Kier alpha value is -1.55. The molecule has 1 aliphatic heterocycles. The summed E-state index contributed by atoms with van der Waals surface area (Å²) in [5.74, 6) is -0.253. The predicted molar refractivity (Wildman–Crippen MR) is 69.7 cm³/mol. The van der Waals surface area contributed by atoms with Gasteiger partial charge >= 0.3 is 0 Å². The Morgan fingerprint density at radius 3 is 2.89 bits per heavy atom. The maximum absolute atomic E-state index is 12.3. The first-order chi connectivity index (χ1) is 8.56. The Labute approximate surface area is 111 Å². The van der Waals surface area contributed by atoms with E-state index in [0.717, 1.165) is 12.0 Å². The number of hydrogen-bond donors (Lipinski definition) is 1. The first kappa shape index (κ1) is 12.9. The van der Waals surface area contributed by atoms with E-state index in [2.05, 4.69) is 5.32 Å². The Balaban J connectivity index is 2.21. The van der Waals surface area contributed by atoms with Gasteiger partial charge in [0.25, 0.3) is 5.91 Å². The molecule has 0 unspecified atom stereocenters. The van der Waals surface area contributed by atoms with E-state index in [9.17, 15) is 9.59 Å². The van der Waals surface area contributed by atoms with Gasteiger partial charge in [-0.05, 0) is 37.1 Å². The summed E-state index contributed by atoms with van der Waals surface area (Å²) in [4.78, 5) is 25.3. The lowest BCUT2D eigenvalue weighted by Crippen LogP contribution is -2.37. The van der Waals surface area contributed by atoms with Crippen LogP contribution in [0.1, 0.15) is 22.3 Å². The maximum atomic E-state index is 12.3. The first-order valence-electron chi connectivity index (χ1n) is 5.89. The molecule has 4 nitrogen and oxygen atoms in total. The van der Waals surface area contributed by atoms with Gasteiger partial charge < -0.3 is 10.2 Å². The SMILES string of the molecule is Cc1cc(Cl)cc(C(=O)N2CCCNC(=O)C2)c1. The zero-order valence-corrected chi connectivity index (χ0v) is 11.0. The molecule has 1 aromatic carbocycles. The number of carbonyl (C=O) groups excluding carboxylic acids is 2. The molecule has 18 heavy (non-hydrogen) atoms. The molecule has 0 atom stereocenters. The normalized spacial score (nSPS) is 16.1. The van der Waals surface area contributed by atoms with E-state index in [0.29, 0.717) is 23.7 Å². The number of halogens is 1. The number of nitrogens with zero attached hydrogens (tertiary/aromatic N) is 1. The highest BCUT2D eigenvalue weighted by molar-refractivity contribution is 6.31. The van der Waals surface area contributed by atoms with Crippen LogP contribution in [0.4, 0.5) is 0 Å². The van der Waals surface area contributed by atoms with Crippen LogP contribution in [0.25, 0.3) is 0 Å². The second kappa shape index (κ2) is 5.40. The summed E-state index contributed by atoms with van der Waals surface area (Å²) in [6, 6.07) is 5.23. The van der Waals surface area contributed by atoms with Crippen LogP contribution in [-0.2, 0) is 4.79 Å². The van der Waals surface area contributed by atoms with Crippen molar-refractivity contribution in [3.05, 3.63) is 34.3 Å². The predicted octanol–water partition coefficient (Wildman–Crippen LogP) is 1.61. The summed E-state index contributed by atoms with van der Waals surface area (Å²) in [7, 11) is 0. The van der Waals surface area contributed by atoms with Gasteiger partial charge in [-0.2, -0.15) is 0 Å². The molecule has 1 aromatic rings. The van der Waals surface area contributed by atoms with Crippen molar-refractivity contribution in [2.75, 3.05) is 19.6 Å². The second-order valence-electron chi connectivity index (χ2n) is 4.45. The van der Waals surface area contributed by atoms with E-state index >= 15 is 0 Å². The number of aryl methyl sites for hydroxylation is 1. The number of hydrogen-bond acceptors (Lipinski definition) is 2. The summed E-state index contributed by atoms with van der Waals surface area (Å²) in [5, 5.41) is 3.28. The second-order valence-corrected chi connectivity index (χ2v) is 4.88. The molecule has 0 spiro atoms. The van der Waals surface area contributed by atoms with Crippen molar-refractivity contribution >= 4 is 23.4 Å². The molecular weight excluding hydrogens is 252 g/mol. The molecule has 1 saturated heterocycles. The summed E-state index contributed by atoms with van der Waals surface area (Å²) >= 11 is 5.94. The number of carbonyl (C=O) groups is 2. The van der Waals surface area contributed by atoms with Crippen LogP contribution >= 0.6 is 11.6 Å². The van der Waals surface area contributed by atoms with E-state index in [-0.39, 0.29) is 18.4 Å². The van der Waals surface area contributed by atoms with Gasteiger partial charge in [-0.15, -0.1) is 0 Å². The summed E-state index contributed by atoms with van der Waals surface area (Å²) < 4.78 is 0. The summed E-state index contributed by atoms with van der Waals surface area (Å²) in [6.45, 7) is 3.21. The number of benzene rings is 1. The quantitative estimate of drug-likeness (QED) is 0.840. The van der Waals surface area contributed by atoms with Gasteiger partial charge in [0.2, 0.25) is 5.91 Å². The molecule has 2 rings (SSSR count). The van der Waals surface area contributed by atoms with E-state index < -0.39 is 0 Å². The molecule has 0 saturated carbocycles. The smallest absolute Gasteiger partial charge is 0.254 e. The fraction of sp³-hybridized carbons (Fsp3) is 0.385. The van der Waals surface area contributed by atoms with Crippen LogP contribution in [0.15, 0.2) is 18.2 Å². The lowest BCUT2D eigenvalue weighted by atomic mass is 10.1. The van der Waals surface area contributed by atoms with Crippen LogP contribution in [0.5, 0.6) is 0 Å². The van der Waals surface area contributed by atoms with Crippen molar-refractivity contribution in [1.29, 1.82) is 0 Å². The minimum absolute atomic E-state index is 0.111. The van der Waals surface area contributed by atoms with Gasteiger partial charge in [0.1, 0.15) is 0 Å². The maximum Gasteiger partial charge on any atom is 0.254 e. The Morgan fingerprint density at radius 2 is 2.17 bits per heavy atom. The lowest BCUT2D eigenvalue weighted by molar-refractivity contribution is -0.121. The zero-order chi connectivity index (χ0) is 13.1. The Morgan fingerprint density at radius 1 is 1.39 bits per heavy atom. The highest BCUT2D eigenvalue weighted by Crippen LogP contribution is 2.16. The molecule has 0 radical (unpaired) electrons. The van der Waals surface area contributed by atoms with Gasteiger partial charge in [0.15, 0.2) is 0 Å². The van der Waals surface area contributed by atoms with E-state index in [1.165, 1.54) is 0 Å². The van der Waals surface area contributed by atoms with Crippen LogP contribution in [-0.4, -0.2) is 36.3 Å². The van der Waals surface area contributed by atoms with Crippen molar-refractivity contribution in [2.45, 2.75) is 13.3 Å². The monoisotopic (exact) mass is 266 g/mol. The molecule has 1 aliphatic rings. The minimum atomic E-state index is -0.141. The van der Waals surface area contributed by atoms with Crippen LogP contribution < -0.4 is 5.32 Å². The minimum Gasteiger partial charge on any atom is -0.354 e. The standard InChI is InChI=1S/C13H15ClN2O2/c1-9-5-10(7-11(14)6-9)13(18)16-4-2-3-15-12(17)8-16/h5-7H,2-4,8H2,1H3,(H,15,17). The fourth-order valence-electron chi connectivity index (χ4n) is 2.02. The molecule has 5 heteroatoms. The summed E-state index contributed by atoms with van der Waals surface area (Å²) in [6.07, 6.45) is 0.775. The molecule has 1 heterocycles. The zero-order valence-electron chi connectivity index (χ0n) is 10.2. The highest BCUT2D eigenvalue weighted by atomic mass is 35.5. The first-order valence-corrected chi connectivity index (χ1v) is 6.27. The van der Waals surface area contributed by atoms with Crippen molar-refractivity contribution < 1.29 is 9.59 Å². The van der Waals surface area contributed by atoms with Crippen molar-refractivity contribution in [3.63, 3.8) is 0 Å². The van der Waals surface area contributed by atoms with Gasteiger partial charge in [0, 0.05) is 23.7 Å². The average molecular weight is 267 g/mol. The van der Waals surface area contributed by atoms with Crippen LogP contribution in [0, 0.1) is 6.92 Å². The topological polar surface area (TPSA) is 49.4 Å². The Kier molecular flexibility index (Phi) is 3.87. The van der Waals surface area contributed by atoms with Gasteiger partial charge in [0.05, 0.1) is 6.54 Å². The molecule has 0 aliphatic carbocycles. The third-order valence-corrected chi connectivity index (χ3v) is 3.06. The van der Waals surface area contributed by atoms with Crippen LogP contribution in [0.2, 0.25) is 5.02 Å². The molecule has 1 fully saturated rings. The van der Waals surface area contributed by atoms with Gasteiger partial charge in [-0.25, -0.2) is 0 Å². The largest absolute Gasteiger partial charge is 0.354 e. The fourth-order valence-corrected chi connectivity index (χ4v) is 2.31. The number of amides is 2. The molecule has 1 N–H and O–H groups in total. The third-order valence-electron chi connectivity index (χ3n) is 2.84. The molecule has 96 valence electrons.